The number of nitrogens with zero attached hydrogens (tertiary/aromatic N) is 3. The van der Waals surface area contributed by atoms with Gasteiger partial charge < -0.3 is 9.30 Å². The topological polar surface area (TPSA) is 64.4 Å². The van der Waals surface area contributed by atoms with Crippen molar-refractivity contribution in [3.63, 3.8) is 0 Å². The Balaban J connectivity index is 1.71. The van der Waals surface area contributed by atoms with Crippen molar-refractivity contribution in [2.75, 3.05) is 18.1 Å². The summed E-state index contributed by atoms with van der Waals surface area (Å²) in [5.41, 5.74) is 3.21. The zero-order valence-electron chi connectivity index (χ0n) is 16.0. The summed E-state index contributed by atoms with van der Waals surface area (Å²) in [5, 5.41) is 0.615. The molecule has 0 radical (unpaired) electrons. The number of benzene rings is 1. The van der Waals surface area contributed by atoms with Crippen LogP contribution in [0.3, 0.4) is 0 Å². The molecule has 0 saturated carbocycles. The van der Waals surface area contributed by atoms with E-state index in [0.717, 1.165) is 28.1 Å². The molecule has 2 aromatic heterocycles. The smallest absolute Gasteiger partial charge is 0.340 e. The van der Waals surface area contributed by atoms with Crippen molar-refractivity contribution < 1.29 is 14.3 Å². The maximum Gasteiger partial charge on any atom is 0.340 e. The Morgan fingerprint density at radius 2 is 1.96 bits per heavy atom. The fourth-order valence-electron chi connectivity index (χ4n) is 3.17. The van der Waals surface area contributed by atoms with Crippen LogP contribution in [0.2, 0.25) is 0 Å². The number of rotatable bonds is 6. The van der Waals surface area contributed by atoms with Gasteiger partial charge in [-0.25, -0.2) is 9.78 Å². The summed E-state index contributed by atoms with van der Waals surface area (Å²) in [6.45, 7) is 8.67. The molecule has 1 aromatic carbocycles. The van der Waals surface area contributed by atoms with Gasteiger partial charge in [-0.3, -0.25) is 9.69 Å². The Morgan fingerprint density at radius 3 is 2.59 bits per heavy atom. The summed E-state index contributed by atoms with van der Waals surface area (Å²) >= 11 is 1.45. The maximum atomic E-state index is 12.6. The molecule has 0 atom stereocenters. The molecule has 0 spiro atoms. The van der Waals surface area contributed by atoms with Crippen molar-refractivity contribution >= 4 is 38.6 Å². The van der Waals surface area contributed by atoms with Gasteiger partial charge in [-0.2, -0.15) is 0 Å². The second kappa shape index (κ2) is 7.92. The van der Waals surface area contributed by atoms with Gasteiger partial charge >= 0.3 is 5.97 Å². The minimum atomic E-state index is -0.475. The average Bonchev–Trinajstić information content (AvgIpc) is 3.20. The number of para-hydroxylation sites is 1. The first-order chi connectivity index (χ1) is 13.0. The Morgan fingerprint density at radius 1 is 1.22 bits per heavy atom. The molecule has 27 heavy (non-hydrogen) atoms. The number of amides is 1. The lowest BCUT2D eigenvalue weighted by Gasteiger charge is -2.17. The lowest BCUT2D eigenvalue weighted by molar-refractivity contribution is -0.121. The second-order valence-electron chi connectivity index (χ2n) is 6.21. The van der Waals surface area contributed by atoms with Crippen molar-refractivity contribution in [2.24, 2.45) is 0 Å². The molecule has 7 heteroatoms. The predicted octanol–water partition coefficient (Wildman–Crippen LogP) is 3.94. The maximum absolute atomic E-state index is 12.6. The Hall–Kier alpha value is -2.67. The lowest BCUT2D eigenvalue weighted by Crippen LogP contribution is -2.34. The summed E-state index contributed by atoms with van der Waals surface area (Å²) in [4.78, 5) is 31.1. The van der Waals surface area contributed by atoms with Crippen molar-refractivity contribution in [3.05, 3.63) is 47.3 Å². The molecule has 142 valence electrons. The number of anilines is 1. The summed E-state index contributed by atoms with van der Waals surface area (Å²) in [6, 6.07) is 9.54. The minimum Gasteiger partial charge on any atom is -0.452 e. The zero-order chi connectivity index (χ0) is 19.6. The van der Waals surface area contributed by atoms with E-state index < -0.39 is 5.97 Å². The monoisotopic (exact) mass is 385 g/mol. The van der Waals surface area contributed by atoms with E-state index in [-0.39, 0.29) is 12.5 Å². The summed E-state index contributed by atoms with van der Waals surface area (Å²) in [5.74, 6) is -0.759. The van der Waals surface area contributed by atoms with Crippen LogP contribution in [0.1, 0.15) is 35.6 Å². The number of esters is 1. The first-order valence-electron chi connectivity index (χ1n) is 8.96. The van der Waals surface area contributed by atoms with Crippen LogP contribution in [-0.4, -0.2) is 34.6 Å². The van der Waals surface area contributed by atoms with Gasteiger partial charge in [-0.1, -0.05) is 23.5 Å². The molecule has 0 fully saturated rings. The number of carbonyl (C=O) groups excluding carboxylic acids is 2. The number of hydrogen-bond donors (Lipinski definition) is 0. The quantitative estimate of drug-likeness (QED) is 0.603. The van der Waals surface area contributed by atoms with E-state index in [1.807, 2.05) is 56.5 Å². The van der Waals surface area contributed by atoms with Crippen molar-refractivity contribution in [2.45, 2.75) is 34.2 Å². The average molecular weight is 385 g/mol. The number of hydrogen-bond acceptors (Lipinski definition) is 5. The van der Waals surface area contributed by atoms with Crippen molar-refractivity contribution in [1.29, 1.82) is 0 Å². The molecule has 0 aliphatic heterocycles. The van der Waals surface area contributed by atoms with Crippen LogP contribution in [0.4, 0.5) is 5.13 Å². The Bertz CT molecular complexity index is 957. The minimum absolute atomic E-state index is 0.283. The third-order valence-electron chi connectivity index (χ3n) is 4.57. The van der Waals surface area contributed by atoms with Gasteiger partial charge in [-0.15, -0.1) is 0 Å². The molecule has 1 amide bonds. The van der Waals surface area contributed by atoms with E-state index in [9.17, 15) is 9.59 Å². The molecule has 6 nitrogen and oxygen atoms in total. The van der Waals surface area contributed by atoms with Gasteiger partial charge in [0.2, 0.25) is 0 Å². The number of aromatic nitrogens is 2. The van der Waals surface area contributed by atoms with Crippen LogP contribution in [-0.2, 0) is 16.1 Å². The number of thiazole rings is 1. The normalized spacial score (nSPS) is 11.0. The van der Waals surface area contributed by atoms with Crippen molar-refractivity contribution in [3.8, 4) is 0 Å². The van der Waals surface area contributed by atoms with Gasteiger partial charge in [0.1, 0.15) is 0 Å². The highest BCUT2D eigenvalue weighted by atomic mass is 32.1. The molecule has 3 rings (SSSR count). The number of ether oxygens (including phenoxy) is 1. The van der Waals surface area contributed by atoms with E-state index in [0.29, 0.717) is 17.2 Å². The standard InChI is InChI=1S/C20H23N3O3S/c1-5-22-13(3)11-15(14(22)4)19(25)26-12-18(24)23(6-2)20-21-16-9-7-8-10-17(16)27-20/h7-11H,5-6,12H2,1-4H3. The third-order valence-corrected chi connectivity index (χ3v) is 5.63. The highest BCUT2D eigenvalue weighted by Crippen LogP contribution is 2.28. The Labute approximate surface area is 162 Å². The number of likely N-dealkylation sites (N-methyl/N-ethyl adjacent to an activating group) is 1. The highest BCUT2D eigenvalue weighted by Gasteiger charge is 2.22. The molecule has 0 aliphatic carbocycles. The third kappa shape index (κ3) is 3.73. The predicted molar refractivity (Wildman–Crippen MR) is 108 cm³/mol. The molecule has 2 heterocycles. The highest BCUT2D eigenvalue weighted by molar-refractivity contribution is 7.22. The summed E-state index contributed by atoms with van der Waals surface area (Å²) < 4.78 is 8.35. The van der Waals surface area contributed by atoms with Crippen LogP contribution in [0.15, 0.2) is 30.3 Å². The first kappa shape index (κ1) is 19.1. The van der Waals surface area contributed by atoms with Gasteiger partial charge in [0.15, 0.2) is 11.7 Å². The van der Waals surface area contributed by atoms with Gasteiger partial charge in [0.05, 0.1) is 15.8 Å². The van der Waals surface area contributed by atoms with Gasteiger partial charge in [0.25, 0.3) is 5.91 Å². The molecular formula is C20H23N3O3S. The largest absolute Gasteiger partial charge is 0.452 e. The molecule has 0 aliphatic rings. The lowest BCUT2D eigenvalue weighted by atomic mass is 10.2. The first-order valence-corrected chi connectivity index (χ1v) is 9.77. The fourth-order valence-corrected chi connectivity index (χ4v) is 4.22. The van der Waals surface area contributed by atoms with Gasteiger partial charge in [0, 0.05) is 24.5 Å². The van der Waals surface area contributed by atoms with E-state index >= 15 is 0 Å². The summed E-state index contributed by atoms with van der Waals surface area (Å²) in [6.07, 6.45) is 0. The van der Waals surface area contributed by atoms with Crippen LogP contribution in [0.25, 0.3) is 10.2 Å². The molecule has 0 N–H and O–H groups in total. The van der Waals surface area contributed by atoms with Crippen molar-refractivity contribution in [1.82, 2.24) is 9.55 Å². The zero-order valence-corrected chi connectivity index (χ0v) is 16.8. The number of fused-ring (bicyclic) bond motifs is 1. The van der Waals surface area contributed by atoms with E-state index in [1.54, 1.807) is 11.0 Å². The van der Waals surface area contributed by atoms with E-state index in [1.165, 1.54) is 11.3 Å². The van der Waals surface area contributed by atoms with Gasteiger partial charge in [-0.05, 0) is 45.9 Å². The SMILES string of the molecule is CCN(C(=O)COC(=O)c1cc(C)n(CC)c1C)c1nc2ccccc2s1. The summed E-state index contributed by atoms with van der Waals surface area (Å²) in [7, 11) is 0. The van der Waals surface area contributed by atoms with E-state index in [4.69, 9.17) is 4.74 Å². The molecule has 3 aromatic rings. The molecule has 0 unspecified atom stereocenters. The van der Waals surface area contributed by atoms with E-state index in [2.05, 4.69) is 4.98 Å². The van der Waals surface area contributed by atoms with Crippen LogP contribution < -0.4 is 4.90 Å². The second-order valence-corrected chi connectivity index (χ2v) is 7.22. The molecule has 0 saturated heterocycles. The molecular weight excluding hydrogens is 362 g/mol. The van der Waals surface area contributed by atoms with Crippen LogP contribution in [0.5, 0.6) is 0 Å². The van der Waals surface area contributed by atoms with Crippen LogP contribution in [0, 0.1) is 13.8 Å². The Kier molecular flexibility index (Phi) is 5.60. The fraction of sp³-hybridized carbons (Fsp3) is 0.350. The molecule has 0 bridgehead atoms. The van der Waals surface area contributed by atoms with Crippen LogP contribution >= 0.6 is 11.3 Å². The number of carbonyl (C=O) groups is 2. The number of aryl methyl sites for hydroxylation is 1.